The van der Waals surface area contributed by atoms with Crippen LogP contribution in [0.1, 0.15) is 32.1 Å². The Morgan fingerprint density at radius 3 is 2.45 bits per heavy atom. The predicted molar refractivity (Wildman–Crippen MR) is 51.9 cm³/mol. The minimum Gasteiger partial charge on any atom is -0.242 e. The SMILES string of the molecule is Br.N=C=NCC1CCCCC1. The van der Waals surface area contributed by atoms with Crippen molar-refractivity contribution in [2.75, 3.05) is 6.54 Å². The van der Waals surface area contributed by atoms with Crippen molar-refractivity contribution in [3.05, 3.63) is 0 Å². The monoisotopic (exact) mass is 218 g/mol. The van der Waals surface area contributed by atoms with Gasteiger partial charge in [0.05, 0.1) is 12.6 Å². The van der Waals surface area contributed by atoms with Crippen molar-refractivity contribution in [3.8, 4) is 0 Å². The Balaban J connectivity index is 0.000001000. The maximum absolute atomic E-state index is 6.60. The topological polar surface area (TPSA) is 36.2 Å². The first-order chi connectivity index (χ1) is 4.93. The van der Waals surface area contributed by atoms with Crippen LogP contribution in [-0.4, -0.2) is 12.6 Å². The summed E-state index contributed by atoms with van der Waals surface area (Å²) in [4.78, 5) is 3.81. The minimum atomic E-state index is 0. The minimum absolute atomic E-state index is 0. The van der Waals surface area contributed by atoms with Gasteiger partial charge in [-0.15, -0.1) is 17.0 Å². The molecular weight excluding hydrogens is 204 g/mol. The summed E-state index contributed by atoms with van der Waals surface area (Å²) in [6.45, 7) is 0.837. The van der Waals surface area contributed by atoms with E-state index in [2.05, 4.69) is 11.0 Å². The molecule has 1 N–H and O–H groups in total. The van der Waals surface area contributed by atoms with Gasteiger partial charge in [0.2, 0.25) is 0 Å². The molecule has 0 saturated heterocycles. The Hall–Kier alpha value is -0.140. The summed E-state index contributed by atoms with van der Waals surface area (Å²) in [5.41, 5.74) is 0. The largest absolute Gasteiger partial charge is 0.242 e. The average Bonchev–Trinajstić information content (AvgIpc) is 2.03. The summed E-state index contributed by atoms with van der Waals surface area (Å²) in [6, 6.07) is 2.09. The molecule has 0 aliphatic heterocycles. The van der Waals surface area contributed by atoms with Crippen molar-refractivity contribution in [2.24, 2.45) is 10.9 Å². The van der Waals surface area contributed by atoms with Gasteiger partial charge >= 0.3 is 0 Å². The quantitative estimate of drug-likeness (QED) is 0.693. The van der Waals surface area contributed by atoms with E-state index in [1.807, 2.05) is 0 Å². The maximum atomic E-state index is 6.60. The zero-order valence-electron chi connectivity index (χ0n) is 6.68. The zero-order chi connectivity index (χ0) is 7.23. The Labute approximate surface area is 78.4 Å². The normalized spacial score (nSPS) is 18.2. The van der Waals surface area contributed by atoms with Crippen LogP contribution in [0, 0.1) is 11.3 Å². The molecule has 64 valence electrons. The molecule has 3 heteroatoms. The molecule has 0 heterocycles. The predicted octanol–water partition coefficient (Wildman–Crippen LogP) is 2.90. The Kier molecular flexibility index (Phi) is 6.48. The van der Waals surface area contributed by atoms with E-state index in [4.69, 9.17) is 5.41 Å². The van der Waals surface area contributed by atoms with Crippen molar-refractivity contribution in [2.45, 2.75) is 32.1 Å². The number of rotatable bonds is 2. The number of hydrogen-bond donors (Lipinski definition) is 1. The standard InChI is InChI=1S/C8H14N2.BrH/c9-7-10-6-8-4-2-1-3-5-8;/h8-9H,1-6H2;1H. The number of nitrogens with one attached hydrogen (secondary N) is 1. The second-order valence-electron chi connectivity index (χ2n) is 2.96. The number of halogens is 1. The molecule has 0 amide bonds. The molecule has 0 aromatic heterocycles. The lowest BCUT2D eigenvalue weighted by Crippen LogP contribution is -2.08. The highest BCUT2D eigenvalue weighted by molar-refractivity contribution is 8.93. The molecule has 0 bridgehead atoms. The third kappa shape index (κ3) is 4.33. The smallest absolute Gasteiger partial charge is 0.0862 e. The molecule has 1 rings (SSSR count). The zero-order valence-corrected chi connectivity index (χ0v) is 8.39. The van der Waals surface area contributed by atoms with Gasteiger partial charge in [-0.1, -0.05) is 19.3 Å². The van der Waals surface area contributed by atoms with E-state index in [9.17, 15) is 0 Å². The van der Waals surface area contributed by atoms with Gasteiger partial charge in [-0.05, 0) is 18.8 Å². The Bertz CT molecular complexity index is 135. The lowest BCUT2D eigenvalue weighted by molar-refractivity contribution is 0.367. The van der Waals surface area contributed by atoms with Gasteiger partial charge in [0.15, 0.2) is 0 Å². The van der Waals surface area contributed by atoms with Crippen LogP contribution >= 0.6 is 17.0 Å². The van der Waals surface area contributed by atoms with Gasteiger partial charge in [-0.25, -0.2) is 10.4 Å². The molecule has 2 nitrogen and oxygen atoms in total. The highest BCUT2D eigenvalue weighted by Gasteiger charge is 2.11. The van der Waals surface area contributed by atoms with Crippen molar-refractivity contribution in [1.29, 1.82) is 5.41 Å². The van der Waals surface area contributed by atoms with E-state index in [1.54, 1.807) is 0 Å². The first kappa shape index (κ1) is 10.9. The molecule has 1 saturated carbocycles. The molecule has 1 fully saturated rings. The van der Waals surface area contributed by atoms with Crippen LogP contribution in [0.5, 0.6) is 0 Å². The summed E-state index contributed by atoms with van der Waals surface area (Å²) in [7, 11) is 0. The van der Waals surface area contributed by atoms with Gasteiger partial charge in [-0.2, -0.15) is 0 Å². The van der Waals surface area contributed by atoms with Crippen LogP contribution in [0.15, 0.2) is 4.99 Å². The van der Waals surface area contributed by atoms with Crippen LogP contribution in [0.4, 0.5) is 0 Å². The average molecular weight is 219 g/mol. The molecule has 11 heavy (non-hydrogen) atoms. The Morgan fingerprint density at radius 2 is 1.91 bits per heavy atom. The maximum Gasteiger partial charge on any atom is 0.0862 e. The van der Waals surface area contributed by atoms with E-state index >= 15 is 0 Å². The highest BCUT2D eigenvalue weighted by atomic mass is 79.9. The molecule has 1 aliphatic carbocycles. The fourth-order valence-electron chi connectivity index (χ4n) is 1.54. The molecule has 0 aromatic carbocycles. The molecule has 0 unspecified atom stereocenters. The summed E-state index contributed by atoms with van der Waals surface area (Å²) in [5, 5.41) is 6.60. The van der Waals surface area contributed by atoms with E-state index in [-0.39, 0.29) is 17.0 Å². The van der Waals surface area contributed by atoms with Gasteiger partial charge in [0, 0.05) is 0 Å². The van der Waals surface area contributed by atoms with Crippen LogP contribution in [-0.2, 0) is 0 Å². The van der Waals surface area contributed by atoms with Crippen molar-refractivity contribution in [1.82, 2.24) is 0 Å². The summed E-state index contributed by atoms with van der Waals surface area (Å²) >= 11 is 0. The number of aliphatic imine (C=N–C) groups is 1. The van der Waals surface area contributed by atoms with E-state index < -0.39 is 0 Å². The van der Waals surface area contributed by atoms with Crippen LogP contribution in [0.25, 0.3) is 0 Å². The van der Waals surface area contributed by atoms with Gasteiger partial charge in [-0.3, -0.25) is 0 Å². The van der Waals surface area contributed by atoms with Crippen LogP contribution in [0.3, 0.4) is 0 Å². The summed E-state index contributed by atoms with van der Waals surface area (Å²) in [5.74, 6) is 0.756. The van der Waals surface area contributed by atoms with Crippen LogP contribution < -0.4 is 0 Å². The molecular formula is C8H15BrN2. The third-order valence-electron chi connectivity index (χ3n) is 2.15. The van der Waals surface area contributed by atoms with E-state index in [0.29, 0.717) is 0 Å². The van der Waals surface area contributed by atoms with Crippen LogP contribution in [0.2, 0.25) is 0 Å². The number of nitrogens with zero attached hydrogens (tertiary/aromatic N) is 1. The number of hydrogen-bond acceptors (Lipinski definition) is 2. The highest BCUT2D eigenvalue weighted by Crippen LogP contribution is 2.23. The van der Waals surface area contributed by atoms with Gasteiger partial charge in [0.1, 0.15) is 0 Å². The first-order valence-corrected chi connectivity index (χ1v) is 4.01. The summed E-state index contributed by atoms with van der Waals surface area (Å²) in [6.07, 6.45) is 6.73. The van der Waals surface area contributed by atoms with Crippen molar-refractivity contribution in [3.63, 3.8) is 0 Å². The second kappa shape index (κ2) is 6.56. The van der Waals surface area contributed by atoms with E-state index in [1.165, 1.54) is 32.1 Å². The second-order valence-corrected chi connectivity index (χ2v) is 2.96. The fourth-order valence-corrected chi connectivity index (χ4v) is 1.54. The first-order valence-electron chi connectivity index (χ1n) is 4.01. The molecule has 0 aromatic rings. The van der Waals surface area contributed by atoms with E-state index in [0.717, 1.165) is 12.5 Å². The van der Waals surface area contributed by atoms with Crippen molar-refractivity contribution >= 4 is 23.0 Å². The lowest BCUT2D eigenvalue weighted by Gasteiger charge is -2.18. The molecule has 0 radical (unpaired) electrons. The fraction of sp³-hybridized carbons (Fsp3) is 0.875. The molecule has 0 atom stereocenters. The van der Waals surface area contributed by atoms with Gasteiger partial charge < -0.3 is 0 Å². The Morgan fingerprint density at radius 1 is 1.27 bits per heavy atom. The summed E-state index contributed by atoms with van der Waals surface area (Å²) < 4.78 is 0. The van der Waals surface area contributed by atoms with Gasteiger partial charge in [0.25, 0.3) is 0 Å². The molecule has 1 aliphatic rings. The molecule has 0 spiro atoms. The third-order valence-corrected chi connectivity index (χ3v) is 2.15. The van der Waals surface area contributed by atoms with Crippen molar-refractivity contribution < 1.29 is 0 Å². The lowest BCUT2D eigenvalue weighted by atomic mass is 9.89.